The zero-order valence-corrected chi connectivity index (χ0v) is 15.0. The number of esters is 1. The number of carbonyl (C=O) groups excluding carboxylic acids is 3. The van der Waals surface area contributed by atoms with Crippen LogP contribution in [0.1, 0.15) is 41.3 Å². The molecule has 3 rings (SSSR count). The number of aromatic hydroxyl groups is 2. The first kappa shape index (κ1) is 19.9. The summed E-state index contributed by atoms with van der Waals surface area (Å²) >= 11 is 0. The highest BCUT2D eigenvalue weighted by Gasteiger charge is 2.32. The van der Waals surface area contributed by atoms with E-state index in [1.54, 1.807) is 12.1 Å². The second-order valence-corrected chi connectivity index (χ2v) is 6.35. The highest BCUT2D eigenvalue weighted by molar-refractivity contribution is 6.34. The maximum Gasteiger partial charge on any atom is 0.380 e. The first-order chi connectivity index (χ1) is 13.7. The molecule has 0 radical (unpaired) electrons. The molecule has 0 bridgehead atoms. The van der Waals surface area contributed by atoms with Crippen LogP contribution in [0.25, 0.3) is 0 Å². The SMILES string of the molecule is O=C(O)CCC(=O)C(=O)Oc1cc(O)cc2c1C(=O)CC(c1ccc(O)cc1)O2. The number of aliphatic carboxylic acids is 1. The molecule has 3 N–H and O–H groups in total. The van der Waals surface area contributed by atoms with Gasteiger partial charge in [0.2, 0.25) is 5.78 Å². The molecule has 0 fully saturated rings. The van der Waals surface area contributed by atoms with Gasteiger partial charge in [-0.15, -0.1) is 0 Å². The van der Waals surface area contributed by atoms with Gasteiger partial charge in [0, 0.05) is 18.6 Å². The molecule has 1 atom stereocenters. The smallest absolute Gasteiger partial charge is 0.380 e. The summed E-state index contributed by atoms with van der Waals surface area (Å²) in [5.41, 5.74) is 0.518. The Balaban J connectivity index is 1.85. The van der Waals surface area contributed by atoms with Crippen LogP contribution in [0, 0.1) is 0 Å². The second kappa shape index (κ2) is 8.01. The van der Waals surface area contributed by atoms with Gasteiger partial charge in [-0.05, 0) is 17.7 Å². The summed E-state index contributed by atoms with van der Waals surface area (Å²) < 4.78 is 10.7. The van der Waals surface area contributed by atoms with Crippen LogP contribution in [0.3, 0.4) is 0 Å². The van der Waals surface area contributed by atoms with E-state index in [0.29, 0.717) is 5.56 Å². The lowest BCUT2D eigenvalue weighted by atomic mass is 9.95. The molecule has 1 heterocycles. The molecule has 1 aliphatic rings. The van der Waals surface area contributed by atoms with E-state index in [9.17, 15) is 29.4 Å². The number of Topliss-reactive ketones (excluding diaryl/α,β-unsaturated/α-hetero) is 2. The Morgan fingerprint density at radius 3 is 2.38 bits per heavy atom. The number of phenolic OH excluding ortho intramolecular Hbond substituents is 2. The van der Waals surface area contributed by atoms with Crippen LogP contribution in [-0.4, -0.2) is 38.8 Å². The molecule has 1 aliphatic heterocycles. The number of benzene rings is 2. The highest BCUT2D eigenvalue weighted by atomic mass is 16.5. The van der Waals surface area contributed by atoms with E-state index < -0.39 is 42.5 Å². The normalized spacial score (nSPS) is 15.2. The monoisotopic (exact) mass is 400 g/mol. The lowest BCUT2D eigenvalue weighted by Gasteiger charge is -2.26. The van der Waals surface area contributed by atoms with Crippen LogP contribution >= 0.6 is 0 Å². The second-order valence-electron chi connectivity index (χ2n) is 6.35. The lowest BCUT2D eigenvalue weighted by Crippen LogP contribution is -2.25. The fourth-order valence-electron chi connectivity index (χ4n) is 2.84. The van der Waals surface area contributed by atoms with Crippen molar-refractivity contribution in [3.63, 3.8) is 0 Å². The Labute approximate surface area is 164 Å². The lowest BCUT2D eigenvalue weighted by molar-refractivity contribution is -0.148. The molecule has 9 nitrogen and oxygen atoms in total. The molecule has 0 spiro atoms. The Morgan fingerprint density at radius 1 is 1.03 bits per heavy atom. The molecule has 1 unspecified atom stereocenters. The van der Waals surface area contributed by atoms with E-state index in [2.05, 4.69) is 0 Å². The van der Waals surface area contributed by atoms with Gasteiger partial charge < -0.3 is 24.8 Å². The van der Waals surface area contributed by atoms with Gasteiger partial charge in [-0.3, -0.25) is 14.4 Å². The van der Waals surface area contributed by atoms with Crippen molar-refractivity contribution in [2.75, 3.05) is 0 Å². The van der Waals surface area contributed by atoms with Crippen molar-refractivity contribution in [2.24, 2.45) is 0 Å². The minimum atomic E-state index is -1.34. The van der Waals surface area contributed by atoms with Crippen LogP contribution in [0.2, 0.25) is 0 Å². The standard InChI is InChI=1S/C20H16O9/c21-11-3-1-10(2-4-11)15-9-14(24)19-16(28-15)7-12(22)8-17(19)29-20(27)13(23)5-6-18(25)26/h1-4,7-8,15,21-22H,5-6,9H2,(H,25,26). The molecular weight excluding hydrogens is 384 g/mol. The van der Waals surface area contributed by atoms with Crippen LogP contribution in [0.4, 0.5) is 0 Å². The van der Waals surface area contributed by atoms with Crippen LogP contribution in [0.5, 0.6) is 23.0 Å². The predicted octanol–water partition coefficient (Wildman–Crippen LogP) is 2.14. The minimum absolute atomic E-state index is 0.0277. The summed E-state index contributed by atoms with van der Waals surface area (Å²) in [5, 5.41) is 27.9. The van der Waals surface area contributed by atoms with Gasteiger partial charge in [0.25, 0.3) is 0 Å². The summed E-state index contributed by atoms with van der Waals surface area (Å²) in [5.74, 6) is -4.78. The Hall–Kier alpha value is -3.88. The van der Waals surface area contributed by atoms with Crippen LogP contribution in [0.15, 0.2) is 36.4 Å². The predicted molar refractivity (Wildman–Crippen MR) is 96.0 cm³/mol. The quantitative estimate of drug-likeness (QED) is 0.377. The van der Waals surface area contributed by atoms with Gasteiger partial charge in [-0.1, -0.05) is 12.1 Å². The summed E-state index contributed by atoms with van der Waals surface area (Å²) in [4.78, 5) is 46.8. The maximum atomic E-state index is 12.7. The van der Waals surface area contributed by atoms with E-state index in [1.165, 1.54) is 18.2 Å². The first-order valence-electron chi connectivity index (χ1n) is 8.57. The van der Waals surface area contributed by atoms with E-state index >= 15 is 0 Å². The van der Waals surface area contributed by atoms with Gasteiger partial charge in [0.05, 0.1) is 12.8 Å². The van der Waals surface area contributed by atoms with Gasteiger partial charge in [0.1, 0.15) is 34.7 Å². The molecule has 0 aliphatic carbocycles. The molecule has 2 aromatic carbocycles. The largest absolute Gasteiger partial charge is 0.508 e. The Kier molecular flexibility index (Phi) is 5.49. The molecule has 0 aromatic heterocycles. The summed E-state index contributed by atoms with van der Waals surface area (Å²) in [6.07, 6.45) is -1.87. The number of phenols is 2. The summed E-state index contributed by atoms with van der Waals surface area (Å²) in [7, 11) is 0. The molecule has 29 heavy (non-hydrogen) atoms. The van der Waals surface area contributed by atoms with Crippen molar-refractivity contribution >= 4 is 23.5 Å². The number of ketones is 2. The molecule has 0 amide bonds. The Bertz CT molecular complexity index is 992. The van der Waals surface area contributed by atoms with Crippen LogP contribution in [-0.2, 0) is 14.4 Å². The van der Waals surface area contributed by atoms with Crippen LogP contribution < -0.4 is 9.47 Å². The van der Waals surface area contributed by atoms with Gasteiger partial charge in [0.15, 0.2) is 5.78 Å². The van der Waals surface area contributed by atoms with Gasteiger partial charge in [-0.25, -0.2) is 4.79 Å². The highest BCUT2D eigenvalue weighted by Crippen LogP contribution is 2.42. The molecule has 0 saturated heterocycles. The fourth-order valence-corrected chi connectivity index (χ4v) is 2.84. The minimum Gasteiger partial charge on any atom is -0.508 e. The van der Waals surface area contributed by atoms with Crippen molar-refractivity contribution in [1.82, 2.24) is 0 Å². The van der Waals surface area contributed by atoms with Gasteiger partial charge in [-0.2, -0.15) is 0 Å². The number of carboxylic acids is 1. The number of hydrogen-bond acceptors (Lipinski definition) is 8. The number of carboxylic acid groups (broad SMARTS) is 1. The molecule has 150 valence electrons. The summed E-state index contributed by atoms with van der Waals surface area (Å²) in [6, 6.07) is 8.24. The van der Waals surface area contributed by atoms with Gasteiger partial charge >= 0.3 is 11.9 Å². The summed E-state index contributed by atoms with van der Waals surface area (Å²) in [6.45, 7) is 0. The average molecular weight is 400 g/mol. The third kappa shape index (κ3) is 4.52. The number of rotatable bonds is 6. The number of ether oxygens (including phenoxy) is 2. The average Bonchev–Trinajstić information content (AvgIpc) is 2.65. The third-order valence-electron chi connectivity index (χ3n) is 4.23. The number of hydrogen-bond donors (Lipinski definition) is 3. The van der Waals surface area contributed by atoms with E-state index in [-0.39, 0.29) is 35.0 Å². The number of carbonyl (C=O) groups is 4. The molecule has 0 saturated carbocycles. The fraction of sp³-hybridized carbons (Fsp3) is 0.200. The zero-order chi connectivity index (χ0) is 21.1. The van der Waals surface area contributed by atoms with E-state index in [1.807, 2.05) is 0 Å². The molecule has 2 aromatic rings. The topological polar surface area (TPSA) is 147 Å². The Morgan fingerprint density at radius 2 is 1.72 bits per heavy atom. The van der Waals surface area contributed by atoms with E-state index in [0.717, 1.165) is 6.07 Å². The van der Waals surface area contributed by atoms with Crippen molar-refractivity contribution in [1.29, 1.82) is 0 Å². The first-order valence-corrected chi connectivity index (χ1v) is 8.57. The zero-order valence-electron chi connectivity index (χ0n) is 15.0. The van der Waals surface area contributed by atoms with Crippen molar-refractivity contribution in [2.45, 2.75) is 25.4 Å². The maximum absolute atomic E-state index is 12.7. The van der Waals surface area contributed by atoms with Crippen molar-refractivity contribution < 1.29 is 44.0 Å². The third-order valence-corrected chi connectivity index (χ3v) is 4.23. The number of fused-ring (bicyclic) bond motifs is 1. The molecular formula is C20H16O9. The van der Waals surface area contributed by atoms with E-state index in [4.69, 9.17) is 14.6 Å². The van der Waals surface area contributed by atoms with Crippen molar-refractivity contribution in [3.8, 4) is 23.0 Å². The van der Waals surface area contributed by atoms with Crippen molar-refractivity contribution in [3.05, 3.63) is 47.5 Å². The molecule has 9 heteroatoms.